The fraction of sp³-hybridized carbons (Fsp3) is 0.375. The summed E-state index contributed by atoms with van der Waals surface area (Å²) >= 11 is 0. The molecule has 31 heavy (non-hydrogen) atoms. The Kier molecular flexibility index (Phi) is 6.21. The van der Waals surface area contributed by atoms with Crippen molar-refractivity contribution in [1.82, 2.24) is 10.2 Å². The zero-order chi connectivity index (χ0) is 21.7. The number of hydrogen-bond acceptors (Lipinski definition) is 4. The van der Waals surface area contributed by atoms with E-state index in [1.54, 1.807) is 12.1 Å². The Balaban J connectivity index is 1.20. The van der Waals surface area contributed by atoms with E-state index in [0.717, 1.165) is 24.2 Å². The molecule has 1 saturated heterocycles. The second kappa shape index (κ2) is 9.20. The molecule has 0 radical (unpaired) electrons. The Morgan fingerprint density at radius 3 is 2.45 bits per heavy atom. The highest BCUT2D eigenvalue weighted by atomic mass is 16.5. The Morgan fingerprint density at radius 1 is 1.03 bits per heavy atom. The smallest absolute Gasteiger partial charge is 0.325 e. The lowest BCUT2D eigenvalue weighted by molar-refractivity contribution is -0.131. The molecule has 4 rings (SSSR count). The topological polar surface area (TPSA) is 87.7 Å². The van der Waals surface area contributed by atoms with E-state index >= 15 is 0 Å². The number of ether oxygens (including phenoxy) is 1. The van der Waals surface area contributed by atoms with Gasteiger partial charge in [-0.05, 0) is 49.1 Å². The Morgan fingerprint density at radius 2 is 1.74 bits per heavy atom. The van der Waals surface area contributed by atoms with Crippen LogP contribution in [0.1, 0.15) is 44.1 Å². The third-order valence-electron chi connectivity index (χ3n) is 5.87. The molecular weight excluding hydrogens is 394 g/mol. The molecule has 2 N–H and O–H groups in total. The van der Waals surface area contributed by atoms with Crippen molar-refractivity contribution in [3.8, 4) is 5.75 Å². The Bertz CT molecular complexity index is 937. The predicted octanol–water partition coefficient (Wildman–Crippen LogP) is 3.85. The molecule has 1 saturated carbocycles. The molecule has 2 aromatic carbocycles. The second-order valence-corrected chi connectivity index (χ2v) is 8.13. The lowest BCUT2D eigenvalue weighted by atomic mass is 9.98. The summed E-state index contributed by atoms with van der Waals surface area (Å²) in [5, 5.41) is 5.70. The van der Waals surface area contributed by atoms with Crippen LogP contribution in [-0.4, -0.2) is 34.8 Å². The van der Waals surface area contributed by atoms with Crippen molar-refractivity contribution in [2.24, 2.45) is 0 Å². The molecule has 0 aromatic heterocycles. The van der Waals surface area contributed by atoms with Gasteiger partial charge < -0.3 is 15.4 Å². The lowest BCUT2D eigenvalue weighted by Crippen LogP contribution is -2.44. The number of urea groups is 1. The minimum atomic E-state index is -0.691. The van der Waals surface area contributed by atoms with E-state index in [0.29, 0.717) is 31.6 Å². The fourth-order valence-corrected chi connectivity index (χ4v) is 4.19. The largest absolute Gasteiger partial charge is 0.489 e. The fourth-order valence-electron chi connectivity index (χ4n) is 4.19. The normalized spacial score (nSPS) is 17.1. The van der Waals surface area contributed by atoms with Crippen molar-refractivity contribution in [2.75, 3.05) is 11.9 Å². The summed E-state index contributed by atoms with van der Waals surface area (Å²) in [5.74, 6) is 0.434. The van der Waals surface area contributed by atoms with Gasteiger partial charge in [-0.1, -0.05) is 43.2 Å². The van der Waals surface area contributed by atoms with Crippen molar-refractivity contribution in [3.05, 3.63) is 60.2 Å². The standard InChI is InChI=1S/C24H27N3O4/c28-21(9-6-16-27-22(29)24(26-23(27)30)14-4-5-15-24)25-19-10-12-20(13-11-19)31-17-18-7-2-1-3-8-18/h1-3,7-8,10-13H,4-6,9,14-17H2,(H,25,28)(H,26,30). The zero-order valence-corrected chi connectivity index (χ0v) is 17.4. The molecule has 1 spiro atoms. The quantitative estimate of drug-likeness (QED) is 0.634. The van der Waals surface area contributed by atoms with Gasteiger partial charge in [0.25, 0.3) is 5.91 Å². The van der Waals surface area contributed by atoms with E-state index in [1.165, 1.54) is 4.90 Å². The minimum Gasteiger partial charge on any atom is -0.489 e. The number of rotatable bonds is 8. The van der Waals surface area contributed by atoms with Gasteiger partial charge >= 0.3 is 6.03 Å². The number of carbonyl (C=O) groups excluding carboxylic acids is 3. The van der Waals surface area contributed by atoms with Crippen LogP contribution < -0.4 is 15.4 Å². The summed E-state index contributed by atoms with van der Waals surface area (Å²) in [4.78, 5) is 38.3. The maximum atomic E-state index is 12.6. The summed E-state index contributed by atoms with van der Waals surface area (Å²) in [6, 6.07) is 16.8. The second-order valence-electron chi connectivity index (χ2n) is 8.13. The van der Waals surface area contributed by atoms with Gasteiger partial charge in [0.15, 0.2) is 0 Å². The van der Waals surface area contributed by atoms with Crippen LogP contribution in [0.5, 0.6) is 5.75 Å². The van der Waals surface area contributed by atoms with Crippen molar-refractivity contribution >= 4 is 23.5 Å². The summed E-state index contributed by atoms with van der Waals surface area (Å²) in [5.41, 5.74) is 1.07. The minimum absolute atomic E-state index is 0.138. The molecule has 0 unspecified atom stereocenters. The number of anilines is 1. The van der Waals surface area contributed by atoms with Crippen LogP contribution in [0.2, 0.25) is 0 Å². The van der Waals surface area contributed by atoms with E-state index in [1.807, 2.05) is 42.5 Å². The molecule has 7 heteroatoms. The van der Waals surface area contributed by atoms with E-state index in [-0.39, 0.29) is 30.8 Å². The van der Waals surface area contributed by atoms with E-state index in [2.05, 4.69) is 10.6 Å². The number of carbonyl (C=O) groups is 3. The Hall–Kier alpha value is -3.35. The average Bonchev–Trinajstić information content (AvgIpc) is 3.34. The summed E-state index contributed by atoms with van der Waals surface area (Å²) in [6.07, 6.45) is 3.99. The third-order valence-corrected chi connectivity index (χ3v) is 5.87. The van der Waals surface area contributed by atoms with Crippen LogP contribution in [0.4, 0.5) is 10.5 Å². The lowest BCUT2D eigenvalue weighted by Gasteiger charge is -2.19. The van der Waals surface area contributed by atoms with Gasteiger partial charge in [-0.25, -0.2) is 4.79 Å². The summed E-state index contributed by atoms with van der Waals surface area (Å²) in [7, 11) is 0. The van der Waals surface area contributed by atoms with Gasteiger partial charge in [0.2, 0.25) is 5.91 Å². The van der Waals surface area contributed by atoms with Crippen LogP contribution in [0.15, 0.2) is 54.6 Å². The average molecular weight is 421 g/mol. The van der Waals surface area contributed by atoms with Gasteiger partial charge in [-0.2, -0.15) is 0 Å². The predicted molar refractivity (Wildman–Crippen MR) is 117 cm³/mol. The van der Waals surface area contributed by atoms with Crippen molar-refractivity contribution in [1.29, 1.82) is 0 Å². The number of nitrogens with zero attached hydrogens (tertiary/aromatic N) is 1. The van der Waals surface area contributed by atoms with Gasteiger partial charge in [-0.15, -0.1) is 0 Å². The summed E-state index contributed by atoms with van der Waals surface area (Å²) in [6.45, 7) is 0.739. The molecule has 1 aliphatic heterocycles. The molecule has 2 aliphatic rings. The maximum Gasteiger partial charge on any atom is 0.325 e. The van der Waals surface area contributed by atoms with Crippen LogP contribution in [-0.2, 0) is 16.2 Å². The molecule has 0 atom stereocenters. The first-order valence-electron chi connectivity index (χ1n) is 10.8. The number of nitrogens with one attached hydrogen (secondary N) is 2. The van der Waals surface area contributed by atoms with Crippen LogP contribution in [0.25, 0.3) is 0 Å². The number of benzene rings is 2. The van der Waals surface area contributed by atoms with Crippen molar-refractivity contribution in [3.63, 3.8) is 0 Å². The van der Waals surface area contributed by atoms with Gasteiger partial charge in [0.05, 0.1) is 0 Å². The maximum absolute atomic E-state index is 12.6. The number of hydrogen-bond donors (Lipinski definition) is 2. The van der Waals surface area contributed by atoms with Crippen molar-refractivity contribution < 1.29 is 19.1 Å². The molecule has 7 nitrogen and oxygen atoms in total. The highest BCUT2D eigenvalue weighted by molar-refractivity contribution is 6.07. The molecule has 1 heterocycles. The molecule has 2 fully saturated rings. The van der Waals surface area contributed by atoms with Crippen molar-refractivity contribution in [2.45, 2.75) is 50.7 Å². The SMILES string of the molecule is O=C(CCCN1C(=O)NC2(CCCC2)C1=O)Nc1ccc(OCc2ccccc2)cc1. The molecule has 0 bridgehead atoms. The number of amides is 4. The Labute approximate surface area is 181 Å². The van der Waals surface area contributed by atoms with Gasteiger partial charge in [0.1, 0.15) is 17.9 Å². The van der Waals surface area contributed by atoms with Gasteiger partial charge in [0, 0.05) is 18.7 Å². The highest BCUT2D eigenvalue weighted by Crippen LogP contribution is 2.35. The number of imide groups is 1. The third kappa shape index (κ3) is 4.87. The monoisotopic (exact) mass is 421 g/mol. The van der Waals surface area contributed by atoms with E-state index in [9.17, 15) is 14.4 Å². The van der Waals surface area contributed by atoms with E-state index in [4.69, 9.17) is 4.74 Å². The summed E-state index contributed by atoms with van der Waals surface area (Å²) < 4.78 is 5.75. The molecule has 4 amide bonds. The molecular formula is C24H27N3O4. The first kappa shape index (κ1) is 20.9. The first-order valence-corrected chi connectivity index (χ1v) is 10.8. The van der Waals surface area contributed by atoms with Crippen LogP contribution in [0.3, 0.4) is 0 Å². The van der Waals surface area contributed by atoms with E-state index < -0.39 is 5.54 Å². The molecule has 1 aliphatic carbocycles. The zero-order valence-electron chi connectivity index (χ0n) is 17.4. The van der Waals surface area contributed by atoms with Crippen LogP contribution >= 0.6 is 0 Å². The first-order chi connectivity index (χ1) is 15.1. The molecule has 162 valence electrons. The molecule has 2 aromatic rings. The van der Waals surface area contributed by atoms with Gasteiger partial charge in [-0.3, -0.25) is 14.5 Å². The highest BCUT2D eigenvalue weighted by Gasteiger charge is 2.51. The van der Waals surface area contributed by atoms with Crippen LogP contribution in [0, 0.1) is 0 Å².